The second-order valence-corrected chi connectivity index (χ2v) is 11.5. The first-order valence-corrected chi connectivity index (χ1v) is 15.2. The molecule has 0 bridgehead atoms. The maximum Gasteiger partial charge on any atom is 0.259 e. The molecule has 13 nitrogen and oxygen atoms in total. The number of anilines is 1. The topological polar surface area (TPSA) is 146 Å². The van der Waals surface area contributed by atoms with E-state index in [1.54, 1.807) is 58.2 Å². The van der Waals surface area contributed by atoms with Crippen LogP contribution in [0.15, 0.2) is 43.0 Å². The summed E-state index contributed by atoms with van der Waals surface area (Å²) in [4.78, 5) is 31.1. The Morgan fingerprint density at radius 1 is 1.24 bits per heavy atom. The van der Waals surface area contributed by atoms with E-state index in [0.717, 1.165) is 0 Å². The lowest BCUT2D eigenvalue weighted by atomic mass is 10.2. The number of rotatable bonds is 14. The molecule has 1 aromatic carbocycles. The minimum Gasteiger partial charge on any atom is -0.349 e. The van der Waals surface area contributed by atoms with Crippen LogP contribution >= 0.6 is 31.5 Å². The molecule has 220 valence electrons. The van der Waals surface area contributed by atoms with E-state index in [9.17, 15) is 4.79 Å². The molecule has 0 spiro atoms. The van der Waals surface area contributed by atoms with Crippen LogP contribution in [0.3, 0.4) is 0 Å². The highest BCUT2D eigenvalue weighted by atomic mass is 127. The summed E-state index contributed by atoms with van der Waals surface area (Å²) in [6, 6.07) is 11.3. The third-order valence-corrected chi connectivity index (χ3v) is 8.69. The first-order chi connectivity index (χ1) is 19.8. The quantitative estimate of drug-likeness (QED) is 0.0768. The van der Waals surface area contributed by atoms with Gasteiger partial charge < -0.3 is 19.1 Å². The number of hydrogen-bond acceptors (Lipinski definition) is 11. The fraction of sp³-hybridized carbons (Fsp3) is 0.500. The summed E-state index contributed by atoms with van der Waals surface area (Å²) in [6.07, 6.45) is 2.28. The molecule has 3 aromatic rings. The van der Waals surface area contributed by atoms with Crippen molar-refractivity contribution in [1.29, 1.82) is 5.26 Å². The molecule has 1 fully saturated rings. The molecule has 0 aliphatic carbocycles. The summed E-state index contributed by atoms with van der Waals surface area (Å²) in [5.41, 5.74) is 1.43. The van der Waals surface area contributed by atoms with E-state index in [1.165, 1.54) is 6.33 Å². The first kappa shape index (κ1) is 31.6. The number of halogens is 1. The Bertz CT molecular complexity index is 1320. The molecule has 1 N–H and O–H groups in total. The zero-order valence-corrected chi connectivity index (χ0v) is 26.3. The minimum atomic E-state index is -1.51. The number of nitriles is 1. The molecule has 1 aliphatic rings. The van der Waals surface area contributed by atoms with Gasteiger partial charge in [-0.2, -0.15) is 8.48 Å². The lowest BCUT2D eigenvalue weighted by Crippen LogP contribution is -2.36. The maximum atomic E-state index is 12.7. The molecular formula is C26H33IN7O6P. The molecule has 3 heterocycles. The number of aromatic nitrogens is 4. The van der Waals surface area contributed by atoms with Gasteiger partial charge in [-0.1, -0.05) is 18.2 Å². The van der Waals surface area contributed by atoms with Gasteiger partial charge in [-0.05, 0) is 39.8 Å². The molecule has 41 heavy (non-hydrogen) atoms. The van der Waals surface area contributed by atoms with Gasteiger partial charge in [0.1, 0.15) is 25.3 Å². The van der Waals surface area contributed by atoms with Crippen LogP contribution in [-0.4, -0.2) is 67.6 Å². The minimum absolute atomic E-state index is 0.120. The average Bonchev–Trinajstić information content (AvgIpc) is 3.56. The first-order valence-electron chi connectivity index (χ1n) is 13.2. The number of carbonyl (C=O) groups excluding carboxylic acids is 1. The zero-order valence-electron chi connectivity index (χ0n) is 23.2. The van der Waals surface area contributed by atoms with E-state index in [2.05, 4.69) is 58.7 Å². The smallest absolute Gasteiger partial charge is 0.259 e. The average molecular weight is 697 g/mol. The molecule has 1 amide bonds. The molecule has 2 aromatic heterocycles. The molecule has 1 aliphatic heterocycles. The lowest BCUT2D eigenvalue weighted by molar-refractivity contribution is -0.200. The Morgan fingerprint density at radius 2 is 2.00 bits per heavy atom. The van der Waals surface area contributed by atoms with Crippen molar-refractivity contribution in [3.05, 3.63) is 48.5 Å². The van der Waals surface area contributed by atoms with Crippen LogP contribution in [0.25, 0.3) is 11.2 Å². The maximum absolute atomic E-state index is 12.7. The van der Waals surface area contributed by atoms with E-state index in [1.807, 2.05) is 6.07 Å². The number of carbonyl (C=O) groups is 1. The van der Waals surface area contributed by atoms with Gasteiger partial charge in [0.05, 0.1) is 31.5 Å². The molecule has 4 rings (SSSR count). The number of nitrogens with zero attached hydrogens (tertiary/aromatic N) is 6. The second-order valence-electron chi connectivity index (χ2n) is 9.77. The SMILES string of the molecule is CC(C)N(C(C)C)P(OCCC#N)OC1CC(n2cnc3c(NC(=O)c4ccccc4)ncnc32)OC1COOI. The third kappa shape index (κ3) is 7.94. The van der Waals surface area contributed by atoms with Gasteiger partial charge in [0.15, 0.2) is 40.0 Å². The molecule has 1 saturated heterocycles. The highest BCUT2D eigenvalue weighted by Gasteiger charge is 2.42. The summed E-state index contributed by atoms with van der Waals surface area (Å²) in [5, 5.41) is 11.9. The van der Waals surface area contributed by atoms with Gasteiger partial charge in [-0.15, -0.1) is 0 Å². The summed E-state index contributed by atoms with van der Waals surface area (Å²) in [6.45, 7) is 8.70. The predicted molar refractivity (Wildman–Crippen MR) is 159 cm³/mol. The molecule has 4 unspecified atom stereocenters. The number of imidazole rings is 1. The number of nitrogens with one attached hydrogen (secondary N) is 1. The van der Waals surface area contributed by atoms with Crippen LogP contribution in [0.2, 0.25) is 0 Å². The van der Waals surface area contributed by atoms with Crippen molar-refractivity contribution in [1.82, 2.24) is 24.2 Å². The molecule has 4 atom stereocenters. The van der Waals surface area contributed by atoms with Crippen molar-refractivity contribution in [3.63, 3.8) is 0 Å². The van der Waals surface area contributed by atoms with Crippen molar-refractivity contribution in [2.45, 2.75) is 71.1 Å². The predicted octanol–water partition coefficient (Wildman–Crippen LogP) is 5.33. The van der Waals surface area contributed by atoms with Crippen LogP contribution < -0.4 is 5.32 Å². The second kappa shape index (κ2) is 15.2. The van der Waals surface area contributed by atoms with E-state index in [4.69, 9.17) is 27.2 Å². The largest absolute Gasteiger partial charge is 0.349 e. The van der Waals surface area contributed by atoms with Gasteiger partial charge in [0, 0.05) is 24.1 Å². The monoisotopic (exact) mass is 697 g/mol. The number of hydrogen-bond donors (Lipinski definition) is 1. The van der Waals surface area contributed by atoms with Gasteiger partial charge in [0.25, 0.3) is 14.4 Å². The fourth-order valence-electron chi connectivity index (χ4n) is 4.56. The summed E-state index contributed by atoms with van der Waals surface area (Å²) < 4.78 is 27.8. The lowest BCUT2D eigenvalue weighted by Gasteiger charge is -2.37. The van der Waals surface area contributed by atoms with E-state index >= 15 is 0 Å². The van der Waals surface area contributed by atoms with E-state index in [-0.39, 0.29) is 37.6 Å². The van der Waals surface area contributed by atoms with Crippen molar-refractivity contribution in [3.8, 4) is 6.07 Å². The van der Waals surface area contributed by atoms with Crippen molar-refractivity contribution in [2.75, 3.05) is 18.5 Å². The highest BCUT2D eigenvalue weighted by molar-refractivity contribution is 14.1. The van der Waals surface area contributed by atoms with Gasteiger partial charge in [0.2, 0.25) is 0 Å². The van der Waals surface area contributed by atoms with Crippen LogP contribution in [0, 0.1) is 11.3 Å². The Kier molecular flexibility index (Phi) is 11.7. The van der Waals surface area contributed by atoms with E-state index in [0.29, 0.717) is 29.0 Å². The number of ether oxygens (including phenoxy) is 1. The summed E-state index contributed by atoms with van der Waals surface area (Å²) >= 11 is 1.66. The standard InChI is InChI=1S/C26H33IN7O6P/c1-17(2)34(18(3)4)41(37-12-8-11-28)39-20-13-22(38-21(20)14-36-40-27)33-16-31-23-24(29-15-30-25(23)33)32-26(35)19-9-6-5-7-10-19/h5-7,9-10,15-18,20-22H,8,12-14H2,1-4H3,(H,29,30,32,35). The zero-order chi connectivity index (χ0) is 29.4. The molecular weight excluding hydrogens is 664 g/mol. The number of fused-ring (bicyclic) bond motifs is 1. The van der Waals surface area contributed by atoms with Crippen molar-refractivity contribution in [2.24, 2.45) is 0 Å². The number of benzene rings is 1. The van der Waals surface area contributed by atoms with Crippen LogP contribution in [-0.2, 0) is 21.9 Å². The Labute approximate surface area is 254 Å². The van der Waals surface area contributed by atoms with Crippen molar-refractivity contribution < 1.29 is 26.7 Å². The van der Waals surface area contributed by atoms with E-state index < -0.39 is 27.0 Å². The van der Waals surface area contributed by atoms with Gasteiger partial charge in [-0.25, -0.2) is 24.5 Å². The Morgan fingerprint density at radius 3 is 2.68 bits per heavy atom. The third-order valence-electron chi connectivity index (χ3n) is 6.28. The van der Waals surface area contributed by atoms with Crippen LogP contribution in [0.4, 0.5) is 5.82 Å². The number of amides is 1. The Balaban J connectivity index is 1.57. The summed E-state index contributed by atoms with van der Waals surface area (Å²) in [5.74, 6) is -0.00290. The van der Waals surface area contributed by atoms with Gasteiger partial charge in [-0.3, -0.25) is 9.36 Å². The van der Waals surface area contributed by atoms with Crippen LogP contribution in [0.5, 0.6) is 0 Å². The Hall–Kier alpha value is -2.35. The molecule has 0 saturated carbocycles. The highest BCUT2D eigenvalue weighted by Crippen LogP contribution is 2.50. The normalized spacial score (nSPS) is 19.7. The van der Waals surface area contributed by atoms with Crippen LogP contribution in [0.1, 0.15) is 57.1 Å². The fourth-order valence-corrected chi connectivity index (χ4v) is 6.46. The molecule has 0 radical (unpaired) electrons. The van der Waals surface area contributed by atoms with Gasteiger partial charge >= 0.3 is 0 Å². The van der Waals surface area contributed by atoms with Crippen molar-refractivity contribution >= 4 is 54.4 Å². The molecule has 15 heteroatoms. The summed E-state index contributed by atoms with van der Waals surface area (Å²) in [7, 11) is -1.51.